The molecule has 0 aromatic heterocycles. The quantitative estimate of drug-likeness (QED) is 0.244. The summed E-state index contributed by atoms with van der Waals surface area (Å²) in [5.41, 5.74) is 0. The monoisotopic (exact) mass is 316 g/mol. The van der Waals surface area contributed by atoms with Crippen LogP contribution in [0.3, 0.4) is 0 Å². The molecule has 0 N–H and O–H groups in total. The van der Waals surface area contributed by atoms with Gasteiger partial charge in [-0.1, -0.05) is 90.4 Å². The highest BCUT2D eigenvalue weighted by atomic mass is 19.1. The molecule has 0 aromatic rings. The van der Waals surface area contributed by atoms with Gasteiger partial charge in [-0.3, -0.25) is 0 Å². The molecular weight excluding hydrogens is 279 g/mol. The fraction of sp³-hybridized carbons (Fsp3) is 0.947. The highest BCUT2D eigenvalue weighted by Gasteiger charge is 2.16. The Morgan fingerprint density at radius 2 is 1.14 bits per heavy atom. The summed E-state index contributed by atoms with van der Waals surface area (Å²) in [6, 6.07) is 0. The van der Waals surface area contributed by atoms with Gasteiger partial charge in [0, 0.05) is 0 Å². The summed E-state index contributed by atoms with van der Waals surface area (Å²) in [6.45, 7) is 2.26. The molecule has 3 heteroatoms. The van der Waals surface area contributed by atoms with Crippen molar-refractivity contribution in [2.75, 3.05) is 7.11 Å². The average Bonchev–Trinajstić information content (AvgIpc) is 2.54. The molecule has 1 atom stereocenters. The van der Waals surface area contributed by atoms with Crippen molar-refractivity contribution in [3.05, 3.63) is 0 Å². The summed E-state index contributed by atoms with van der Waals surface area (Å²) in [5.74, 6) is -0.727. The molecule has 0 heterocycles. The first-order valence-corrected chi connectivity index (χ1v) is 9.44. The molecule has 132 valence electrons. The summed E-state index contributed by atoms with van der Waals surface area (Å²) in [5, 5.41) is 0. The second-order valence-electron chi connectivity index (χ2n) is 6.38. The third-order valence-corrected chi connectivity index (χ3v) is 4.27. The molecule has 0 bridgehead atoms. The number of methoxy groups -OCH3 is 1. The first-order valence-electron chi connectivity index (χ1n) is 9.44. The third kappa shape index (κ3) is 14.3. The summed E-state index contributed by atoms with van der Waals surface area (Å²) in [6.07, 6.45) is 16.8. The van der Waals surface area contributed by atoms with Gasteiger partial charge in [0.1, 0.15) is 0 Å². The zero-order valence-corrected chi connectivity index (χ0v) is 14.9. The Morgan fingerprint density at radius 1 is 0.773 bits per heavy atom. The van der Waals surface area contributed by atoms with Gasteiger partial charge in [-0.05, 0) is 12.8 Å². The van der Waals surface area contributed by atoms with Crippen LogP contribution in [0.25, 0.3) is 0 Å². The number of esters is 1. The highest BCUT2D eigenvalue weighted by molar-refractivity contribution is 5.74. The van der Waals surface area contributed by atoms with E-state index in [9.17, 15) is 9.18 Å². The number of ether oxygens (including phenoxy) is 1. The van der Waals surface area contributed by atoms with Crippen LogP contribution in [0.15, 0.2) is 0 Å². The first-order chi connectivity index (χ1) is 10.7. The van der Waals surface area contributed by atoms with Crippen molar-refractivity contribution in [2.45, 2.75) is 109 Å². The van der Waals surface area contributed by atoms with Crippen LogP contribution < -0.4 is 0 Å². The van der Waals surface area contributed by atoms with Crippen molar-refractivity contribution < 1.29 is 13.9 Å². The Morgan fingerprint density at radius 3 is 1.50 bits per heavy atom. The second-order valence-corrected chi connectivity index (χ2v) is 6.38. The Bertz CT molecular complexity index is 244. The van der Waals surface area contributed by atoms with Crippen molar-refractivity contribution >= 4 is 5.97 Å². The average molecular weight is 317 g/mol. The minimum absolute atomic E-state index is 0.310. The van der Waals surface area contributed by atoms with Gasteiger partial charge >= 0.3 is 5.97 Å². The first kappa shape index (κ1) is 21.4. The molecular formula is C19H37FO2. The molecule has 0 fully saturated rings. The Hall–Kier alpha value is -0.600. The number of hydrogen-bond donors (Lipinski definition) is 0. The topological polar surface area (TPSA) is 26.3 Å². The van der Waals surface area contributed by atoms with Crippen LogP contribution >= 0.6 is 0 Å². The maximum atomic E-state index is 13.2. The Kier molecular flexibility index (Phi) is 16.3. The number of rotatable bonds is 16. The highest BCUT2D eigenvalue weighted by Crippen LogP contribution is 2.14. The minimum Gasteiger partial charge on any atom is -0.467 e. The van der Waals surface area contributed by atoms with Crippen LogP contribution in [-0.2, 0) is 9.53 Å². The summed E-state index contributed by atoms with van der Waals surface area (Å²) in [7, 11) is 1.24. The molecule has 0 saturated carbocycles. The van der Waals surface area contributed by atoms with Gasteiger partial charge in [-0.15, -0.1) is 0 Å². The molecule has 0 amide bonds. The number of halogens is 1. The SMILES string of the molecule is CCCCCCCCCCCCCCCCC(F)C(=O)OC. The van der Waals surface area contributed by atoms with Gasteiger partial charge in [0.15, 0.2) is 6.17 Å². The second kappa shape index (κ2) is 16.8. The predicted molar refractivity (Wildman–Crippen MR) is 91.8 cm³/mol. The van der Waals surface area contributed by atoms with Crippen molar-refractivity contribution in [1.29, 1.82) is 0 Å². The smallest absolute Gasteiger partial charge is 0.340 e. The number of unbranched alkanes of at least 4 members (excludes halogenated alkanes) is 13. The molecule has 0 radical (unpaired) electrons. The van der Waals surface area contributed by atoms with E-state index in [-0.39, 0.29) is 0 Å². The molecule has 0 aliphatic carbocycles. The molecule has 0 aliphatic rings. The normalized spacial score (nSPS) is 12.3. The van der Waals surface area contributed by atoms with Crippen LogP contribution in [0.1, 0.15) is 103 Å². The van der Waals surface area contributed by atoms with Gasteiger partial charge in [0.25, 0.3) is 0 Å². The lowest BCUT2D eigenvalue weighted by molar-refractivity contribution is -0.146. The zero-order valence-electron chi connectivity index (χ0n) is 14.9. The Balaban J connectivity index is 3.10. The third-order valence-electron chi connectivity index (χ3n) is 4.27. The van der Waals surface area contributed by atoms with E-state index < -0.39 is 12.1 Å². The molecule has 0 rings (SSSR count). The fourth-order valence-electron chi connectivity index (χ4n) is 2.76. The zero-order chi connectivity index (χ0) is 16.5. The van der Waals surface area contributed by atoms with Crippen LogP contribution in [0, 0.1) is 0 Å². The number of hydrogen-bond acceptors (Lipinski definition) is 2. The van der Waals surface area contributed by atoms with E-state index in [4.69, 9.17) is 0 Å². The molecule has 0 aliphatic heterocycles. The number of carbonyl (C=O) groups excluding carboxylic acids is 1. The van der Waals surface area contributed by atoms with E-state index in [0.717, 1.165) is 19.3 Å². The van der Waals surface area contributed by atoms with Crippen molar-refractivity contribution in [3.63, 3.8) is 0 Å². The fourth-order valence-corrected chi connectivity index (χ4v) is 2.76. The van der Waals surface area contributed by atoms with E-state index in [1.54, 1.807) is 0 Å². The van der Waals surface area contributed by atoms with E-state index in [0.29, 0.717) is 6.42 Å². The van der Waals surface area contributed by atoms with E-state index in [1.807, 2.05) is 0 Å². The van der Waals surface area contributed by atoms with Crippen LogP contribution in [0.2, 0.25) is 0 Å². The van der Waals surface area contributed by atoms with Gasteiger partial charge in [-0.25, -0.2) is 9.18 Å². The number of carbonyl (C=O) groups is 1. The van der Waals surface area contributed by atoms with E-state index in [2.05, 4.69) is 11.7 Å². The largest absolute Gasteiger partial charge is 0.467 e. The Labute approximate surface area is 137 Å². The summed E-state index contributed by atoms with van der Waals surface area (Å²) < 4.78 is 17.5. The molecule has 0 saturated heterocycles. The summed E-state index contributed by atoms with van der Waals surface area (Å²) in [4.78, 5) is 10.9. The lowest BCUT2D eigenvalue weighted by Gasteiger charge is -2.06. The number of alkyl halides is 1. The van der Waals surface area contributed by atoms with Crippen molar-refractivity contribution in [2.24, 2.45) is 0 Å². The molecule has 1 unspecified atom stereocenters. The molecule has 22 heavy (non-hydrogen) atoms. The standard InChI is InChI=1S/C19H37FO2/c1-3-4-5-6-7-8-9-10-11-12-13-14-15-16-17-18(20)19(21)22-2/h18H,3-17H2,1-2H3. The predicted octanol–water partition coefficient (Wildman–Crippen LogP) is 6.37. The van der Waals surface area contributed by atoms with Crippen LogP contribution in [-0.4, -0.2) is 19.3 Å². The lowest BCUT2D eigenvalue weighted by atomic mass is 10.0. The van der Waals surface area contributed by atoms with Gasteiger partial charge in [0.05, 0.1) is 7.11 Å². The summed E-state index contributed by atoms with van der Waals surface area (Å²) >= 11 is 0. The van der Waals surface area contributed by atoms with E-state index in [1.165, 1.54) is 77.7 Å². The van der Waals surface area contributed by atoms with Crippen molar-refractivity contribution in [1.82, 2.24) is 0 Å². The van der Waals surface area contributed by atoms with Gasteiger partial charge in [-0.2, -0.15) is 0 Å². The van der Waals surface area contributed by atoms with Crippen molar-refractivity contribution in [3.8, 4) is 0 Å². The van der Waals surface area contributed by atoms with Gasteiger partial charge < -0.3 is 4.74 Å². The maximum absolute atomic E-state index is 13.2. The minimum atomic E-state index is -1.43. The van der Waals surface area contributed by atoms with Crippen LogP contribution in [0.4, 0.5) is 4.39 Å². The molecule has 0 aromatic carbocycles. The van der Waals surface area contributed by atoms with E-state index >= 15 is 0 Å². The van der Waals surface area contributed by atoms with Gasteiger partial charge in [0.2, 0.25) is 0 Å². The van der Waals surface area contributed by atoms with Crippen LogP contribution in [0.5, 0.6) is 0 Å². The maximum Gasteiger partial charge on any atom is 0.340 e. The molecule has 2 nitrogen and oxygen atoms in total. The molecule has 0 spiro atoms. The lowest BCUT2D eigenvalue weighted by Crippen LogP contribution is -2.16.